The van der Waals surface area contributed by atoms with Crippen molar-refractivity contribution in [2.75, 3.05) is 13.6 Å². The average molecular weight is 342 g/mol. The van der Waals surface area contributed by atoms with Crippen molar-refractivity contribution >= 4 is 5.96 Å². The fourth-order valence-electron chi connectivity index (χ4n) is 2.84. The topological polar surface area (TPSA) is 53.4 Å². The van der Waals surface area contributed by atoms with E-state index in [1.165, 1.54) is 11.1 Å². The van der Waals surface area contributed by atoms with Gasteiger partial charge < -0.3 is 20.5 Å². The van der Waals surface area contributed by atoms with Gasteiger partial charge in [-0.2, -0.15) is 0 Å². The van der Waals surface area contributed by atoms with Crippen molar-refractivity contribution in [1.29, 1.82) is 0 Å². The van der Waals surface area contributed by atoms with Crippen molar-refractivity contribution in [3.8, 4) is 0 Å². The normalized spacial score (nSPS) is 13.6. The van der Waals surface area contributed by atoms with Crippen molar-refractivity contribution in [3.05, 3.63) is 59.9 Å². The Morgan fingerprint density at radius 2 is 1.88 bits per heavy atom. The molecule has 1 unspecified atom stereocenters. The molecule has 136 valence electrons. The summed E-state index contributed by atoms with van der Waals surface area (Å²) in [5, 5.41) is 10.4. The maximum Gasteiger partial charge on any atom is 0.191 e. The molecule has 0 aliphatic heterocycles. The van der Waals surface area contributed by atoms with E-state index in [4.69, 9.17) is 0 Å². The smallest absolute Gasteiger partial charge is 0.191 e. The number of aryl methyl sites for hydroxylation is 1. The summed E-state index contributed by atoms with van der Waals surface area (Å²) >= 11 is 0. The van der Waals surface area contributed by atoms with E-state index in [1.54, 1.807) is 7.05 Å². The van der Waals surface area contributed by atoms with Crippen molar-refractivity contribution in [1.82, 2.24) is 20.5 Å². The first-order valence-electron chi connectivity index (χ1n) is 8.77. The molecule has 2 aromatic rings. The van der Waals surface area contributed by atoms with E-state index in [-0.39, 0.29) is 11.6 Å². The Bertz CT molecular complexity index is 672. The van der Waals surface area contributed by atoms with E-state index in [0.29, 0.717) is 0 Å². The minimum atomic E-state index is -0.0698. The molecule has 1 heterocycles. The van der Waals surface area contributed by atoms with Gasteiger partial charge in [-0.15, -0.1) is 0 Å². The molecule has 0 radical (unpaired) electrons. The Morgan fingerprint density at radius 1 is 1.16 bits per heavy atom. The molecule has 0 aliphatic rings. The first-order chi connectivity index (χ1) is 11.9. The second-order valence-electron chi connectivity index (χ2n) is 7.13. The summed E-state index contributed by atoms with van der Waals surface area (Å²) in [6, 6.07) is 12.9. The molecule has 1 aromatic heterocycles. The number of guanidine groups is 1. The number of aliphatic imine (C=N–C) groups is 1. The van der Waals surface area contributed by atoms with E-state index in [0.717, 1.165) is 19.0 Å². The summed E-state index contributed by atoms with van der Waals surface area (Å²) in [6.07, 6.45) is 4.15. The Hall–Kier alpha value is -2.27. The van der Waals surface area contributed by atoms with Crippen LogP contribution in [-0.2, 0) is 13.6 Å². The largest absolute Gasteiger partial charge is 0.357 e. The summed E-state index contributed by atoms with van der Waals surface area (Å²) < 4.78 is 2.05. The summed E-state index contributed by atoms with van der Waals surface area (Å²) in [6.45, 7) is 8.13. The minimum absolute atomic E-state index is 0.0698. The molecule has 0 aliphatic carbocycles. The van der Waals surface area contributed by atoms with Crippen LogP contribution in [0.3, 0.4) is 0 Å². The van der Waals surface area contributed by atoms with Gasteiger partial charge in [-0.3, -0.25) is 4.99 Å². The fraction of sp³-hybridized carbons (Fsp3) is 0.450. The van der Waals surface area contributed by atoms with E-state index in [2.05, 4.69) is 78.2 Å². The van der Waals surface area contributed by atoms with E-state index in [1.807, 2.05) is 23.9 Å². The molecular formula is C20H31N5. The number of hydrogen-bond donors (Lipinski definition) is 3. The summed E-state index contributed by atoms with van der Waals surface area (Å²) in [7, 11) is 3.83. The molecule has 1 aromatic carbocycles. The standard InChI is InChI=1S/C20H31N5/c1-16(18-9-7-6-8-10-18)24-20(2,3)15-23-19(21-4)22-13-17-11-12-25(5)14-17/h6-12,14,16,24H,13,15H2,1-5H3,(H2,21,22,23). The van der Waals surface area contributed by atoms with Crippen LogP contribution in [0, 0.1) is 0 Å². The quantitative estimate of drug-likeness (QED) is 0.536. The third kappa shape index (κ3) is 6.27. The van der Waals surface area contributed by atoms with Gasteiger partial charge in [-0.25, -0.2) is 0 Å². The highest BCUT2D eigenvalue weighted by molar-refractivity contribution is 5.79. The van der Waals surface area contributed by atoms with Crippen LogP contribution in [0.4, 0.5) is 0 Å². The number of nitrogens with one attached hydrogen (secondary N) is 3. The Labute approximate surface area is 151 Å². The fourth-order valence-corrected chi connectivity index (χ4v) is 2.84. The van der Waals surface area contributed by atoms with Gasteiger partial charge in [0.15, 0.2) is 5.96 Å². The lowest BCUT2D eigenvalue weighted by molar-refractivity contribution is 0.345. The molecule has 0 saturated carbocycles. The second kappa shape index (κ2) is 8.72. The lowest BCUT2D eigenvalue weighted by atomic mass is 10.0. The maximum atomic E-state index is 4.31. The van der Waals surface area contributed by atoms with Gasteiger partial charge in [0.05, 0.1) is 0 Å². The number of benzene rings is 1. The number of nitrogens with zero attached hydrogens (tertiary/aromatic N) is 2. The molecule has 5 heteroatoms. The molecule has 0 amide bonds. The van der Waals surface area contributed by atoms with Gasteiger partial charge in [0.25, 0.3) is 0 Å². The predicted octanol–water partition coefficient (Wildman–Crippen LogP) is 2.82. The highest BCUT2D eigenvalue weighted by Gasteiger charge is 2.21. The molecule has 0 saturated heterocycles. The van der Waals surface area contributed by atoms with Crippen molar-refractivity contribution in [3.63, 3.8) is 0 Å². The lowest BCUT2D eigenvalue weighted by Crippen LogP contribution is -2.52. The van der Waals surface area contributed by atoms with Gasteiger partial charge in [0.2, 0.25) is 0 Å². The zero-order valence-corrected chi connectivity index (χ0v) is 16.0. The SMILES string of the molecule is CN=C(NCc1ccn(C)c1)NCC(C)(C)NC(C)c1ccccc1. The summed E-state index contributed by atoms with van der Waals surface area (Å²) in [5.74, 6) is 0.811. The van der Waals surface area contributed by atoms with E-state index < -0.39 is 0 Å². The summed E-state index contributed by atoms with van der Waals surface area (Å²) in [5.41, 5.74) is 2.46. The van der Waals surface area contributed by atoms with Crippen molar-refractivity contribution < 1.29 is 0 Å². The number of rotatable bonds is 7. The number of aromatic nitrogens is 1. The molecule has 2 rings (SSSR count). The molecule has 0 fully saturated rings. The van der Waals surface area contributed by atoms with Crippen LogP contribution in [0.2, 0.25) is 0 Å². The monoisotopic (exact) mass is 341 g/mol. The van der Waals surface area contributed by atoms with Gasteiger partial charge in [0.1, 0.15) is 0 Å². The molecule has 5 nitrogen and oxygen atoms in total. The average Bonchev–Trinajstić information content (AvgIpc) is 3.01. The van der Waals surface area contributed by atoms with Crippen LogP contribution in [0.25, 0.3) is 0 Å². The van der Waals surface area contributed by atoms with Crippen molar-refractivity contribution in [2.24, 2.45) is 12.0 Å². The Morgan fingerprint density at radius 3 is 2.48 bits per heavy atom. The molecule has 3 N–H and O–H groups in total. The van der Waals surface area contributed by atoms with E-state index in [9.17, 15) is 0 Å². The highest BCUT2D eigenvalue weighted by Crippen LogP contribution is 2.15. The van der Waals surface area contributed by atoms with Gasteiger partial charge in [0, 0.05) is 51.2 Å². The molecule has 0 bridgehead atoms. The summed E-state index contributed by atoms with van der Waals surface area (Å²) in [4.78, 5) is 4.31. The molecule has 1 atom stereocenters. The Balaban J connectivity index is 1.82. The Kier molecular flexibility index (Phi) is 6.65. The molecule has 0 spiro atoms. The third-order valence-electron chi connectivity index (χ3n) is 4.18. The predicted molar refractivity (Wildman–Crippen MR) is 106 cm³/mol. The van der Waals surface area contributed by atoms with Gasteiger partial charge in [-0.05, 0) is 38.0 Å². The van der Waals surface area contributed by atoms with Crippen LogP contribution in [-0.4, -0.2) is 29.7 Å². The van der Waals surface area contributed by atoms with Crippen molar-refractivity contribution in [2.45, 2.75) is 38.9 Å². The first kappa shape index (κ1) is 19.1. The minimum Gasteiger partial charge on any atom is -0.357 e. The molecular weight excluding hydrogens is 310 g/mol. The van der Waals surface area contributed by atoms with Crippen LogP contribution < -0.4 is 16.0 Å². The van der Waals surface area contributed by atoms with E-state index >= 15 is 0 Å². The second-order valence-corrected chi connectivity index (χ2v) is 7.13. The van der Waals surface area contributed by atoms with Crippen LogP contribution in [0.15, 0.2) is 53.8 Å². The zero-order valence-electron chi connectivity index (χ0n) is 16.0. The number of hydrogen-bond acceptors (Lipinski definition) is 2. The lowest BCUT2D eigenvalue weighted by Gasteiger charge is -2.31. The van der Waals surface area contributed by atoms with Crippen LogP contribution in [0.1, 0.15) is 37.9 Å². The van der Waals surface area contributed by atoms with Crippen LogP contribution >= 0.6 is 0 Å². The maximum absolute atomic E-state index is 4.31. The van der Waals surface area contributed by atoms with Crippen LogP contribution in [0.5, 0.6) is 0 Å². The van der Waals surface area contributed by atoms with Gasteiger partial charge in [-0.1, -0.05) is 30.3 Å². The molecule has 25 heavy (non-hydrogen) atoms. The third-order valence-corrected chi connectivity index (χ3v) is 4.18. The van der Waals surface area contributed by atoms with Gasteiger partial charge >= 0.3 is 0 Å². The first-order valence-corrected chi connectivity index (χ1v) is 8.77. The zero-order chi connectivity index (χ0) is 18.3. The highest BCUT2D eigenvalue weighted by atomic mass is 15.2.